The van der Waals surface area contributed by atoms with E-state index in [1.807, 2.05) is 11.8 Å². The van der Waals surface area contributed by atoms with Gasteiger partial charge in [0, 0.05) is 4.83 Å². The molecule has 0 heterocycles. The molecule has 0 spiro atoms. The van der Waals surface area contributed by atoms with Crippen molar-refractivity contribution in [1.29, 1.82) is 0 Å². The molecule has 0 aromatic heterocycles. The first-order valence-corrected chi connectivity index (χ1v) is 7.18. The minimum Gasteiger partial charge on any atom is -0.162 e. The molecule has 1 rings (SSSR count). The molecule has 0 aliphatic rings. The van der Waals surface area contributed by atoms with Gasteiger partial charge in [-0.1, -0.05) is 53.2 Å². The summed E-state index contributed by atoms with van der Waals surface area (Å²) in [6.45, 7) is 2.22. The lowest BCUT2D eigenvalue weighted by Crippen LogP contribution is -1.91. The molecule has 0 N–H and O–H groups in total. The highest BCUT2D eigenvalue weighted by Crippen LogP contribution is 2.27. The Morgan fingerprint density at radius 3 is 2.64 bits per heavy atom. The Morgan fingerprint density at radius 2 is 2.00 bits per heavy atom. The van der Waals surface area contributed by atoms with Crippen LogP contribution >= 0.6 is 27.7 Å². The van der Waals surface area contributed by atoms with E-state index in [0.717, 1.165) is 0 Å². The van der Waals surface area contributed by atoms with Crippen LogP contribution in [0.15, 0.2) is 30.3 Å². The van der Waals surface area contributed by atoms with Gasteiger partial charge in [-0.2, -0.15) is 11.8 Å². The van der Waals surface area contributed by atoms with Crippen LogP contribution in [0.1, 0.15) is 30.2 Å². The first kappa shape index (κ1) is 12.1. The lowest BCUT2D eigenvalue weighted by atomic mass is 10.1. The van der Waals surface area contributed by atoms with Gasteiger partial charge in [0.1, 0.15) is 0 Å². The first-order valence-electron chi connectivity index (χ1n) is 5.11. The lowest BCUT2D eigenvalue weighted by Gasteiger charge is -2.09. The van der Waals surface area contributed by atoms with Crippen LogP contribution in [-0.4, -0.2) is 11.5 Å². The highest BCUT2D eigenvalue weighted by molar-refractivity contribution is 9.09. The van der Waals surface area contributed by atoms with Crippen LogP contribution in [0.2, 0.25) is 0 Å². The topological polar surface area (TPSA) is 0 Å². The van der Waals surface area contributed by atoms with Crippen molar-refractivity contribution >= 4 is 27.7 Å². The molecule has 1 unspecified atom stereocenters. The maximum Gasteiger partial charge on any atom is 0.0395 e. The van der Waals surface area contributed by atoms with E-state index < -0.39 is 0 Å². The summed E-state index contributed by atoms with van der Waals surface area (Å²) >= 11 is 5.75. The highest BCUT2D eigenvalue weighted by atomic mass is 79.9. The zero-order valence-electron chi connectivity index (χ0n) is 8.58. The molecule has 14 heavy (non-hydrogen) atoms. The Hall–Kier alpha value is 0.0500. The zero-order valence-corrected chi connectivity index (χ0v) is 11.0. The maximum absolute atomic E-state index is 3.73. The van der Waals surface area contributed by atoms with Crippen molar-refractivity contribution < 1.29 is 0 Å². The van der Waals surface area contributed by atoms with Gasteiger partial charge in [0.15, 0.2) is 0 Å². The molecule has 0 aliphatic heterocycles. The van der Waals surface area contributed by atoms with Crippen molar-refractivity contribution in [3.8, 4) is 0 Å². The summed E-state index contributed by atoms with van der Waals surface area (Å²) < 4.78 is 0. The number of rotatable bonds is 6. The van der Waals surface area contributed by atoms with Crippen LogP contribution in [0.25, 0.3) is 0 Å². The van der Waals surface area contributed by atoms with Gasteiger partial charge in [-0.15, -0.1) is 0 Å². The van der Waals surface area contributed by atoms with E-state index in [0.29, 0.717) is 4.83 Å². The Kier molecular flexibility index (Phi) is 6.37. The molecule has 0 bridgehead atoms. The summed E-state index contributed by atoms with van der Waals surface area (Å²) in [7, 11) is 0. The minimum atomic E-state index is 0.529. The summed E-state index contributed by atoms with van der Waals surface area (Å²) in [6, 6.07) is 10.6. The van der Waals surface area contributed by atoms with Crippen molar-refractivity contribution in [3.63, 3.8) is 0 Å². The fraction of sp³-hybridized carbons (Fsp3) is 0.500. The highest BCUT2D eigenvalue weighted by Gasteiger charge is 2.05. The van der Waals surface area contributed by atoms with Crippen molar-refractivity contribution in [2.24, 2.45) is 0 Å². The average Bonchev–Trinajstić information content (AvgIpc) is 2.25. The van der Waals surface area contributed by atoms with Gasteiger partial charge < -0.3 is 0 Å². The molecule has 1 aromatic rings. The van der Waals surface area contributed by atoms with Gasteiger partial charge >= 0.3 is 0 Å². The number of hydrogen-bond donors (Lipinski definition) is 0. The Bertz CT molecular complexity index is 235. The molecular formula is C12H17BrS. The van der Waals surface area contributed by atoms with E-state index in [9.17, 15) is 0 Å². The third kappa shape index (κ3) is 4.52. The molecule has 0 radical (unpaired) electrons. The summed E-state index contributed by atoms with van der Waals surface area (Å²) in [5.41, 5.74) is 1.40. The normalized spacial score (nSPS) is 12.7. The molecule has 0 fully saturated rings. The molecule has 1 atom stereocenters. The van der Waals surface area contributed by atoms with Crippen molar-refractivity contribution in [2.45, 2.75) is 24.6 Å². The predicted octanol–water partition coefficient (Wildman–Crippen LogP) is 4.66. The van der Waals surface area contributed by atoms with Crippen LogP contribution in [0, 0.1) is 0 Å². The van der Waals surface area contributed by atoms with Crippen LogP contribution < -0.4 is 0 Å². The van der Waals surface area contributed by atoms with E-state index in [1.165, 1.54) is 29.9 Å². The van der Waals surface area contributed by atoms with E-state index in [4.69, 9.17) is 0 Å². The number of thioether (sulfide) groups is 1. The van der Waals surface area contributed by atoms with Crippen LogP contribution in [-0.2, 0) is 0 Å². The molecule has 2 heteroatoms. The first-order chi connectivity index (χ1) is 6.84. The average molecular weight is 273 g/mol. The second kappa shape index (κ2) is 7.36. The third-order valence-corrected chi connectivity index (χ3v) is 4.08. The van der Waals surface area contributed by atoms with E-state index in [-0.39, 0.29) is 0 Å². The van der Waals surface area contributed by atoms with Gasteiger partial charge in [-0.3, -0.25) is 0 Å². The molecule has 0 saturated heterocycles. The molecule has 0 aliphatic carbocycles. The quantitative estimate of drug-likeness (QED) is 0.536. The molecule has 0 nitrogen and oxygen atoms in total. The lowest BCUT2D eigenvalue weighted by molar-refractivity contribution is 0.796. The fourth-order valence-electron chi connectivity index (χ4n) is 1.34. The number of benzene rings is 1. The second-order valence-electron chi connectivity index (χ2n) is 3.22. The van der Waals surface area contributed by atoms with Crippen molar-refractivity contribution in [3.05, 3.63) is 35.9 Å². The van der Waals surface area contributed by atoms with Crippen molar-refractivity contribution in [2.75, 3.05) is 11.5 Å². The molecular weight excluding hydrogens is 256 g/mol. The SMILES string of the molecule is CCSCCCC(Br)c1ccccc1. The largest absolute Gasteiger partial charge is 0.162 e. The molecule has 0 amide bonds. The summed E-state index contributed by atoms with van der Waals surface area (Å²) in [6.07, 6.45) is 2.53. The van der Waals surface area contributed by atoms with E-state index >= 15 is 0 Å². The maximum atomic E-state index is 3.73. The Balaban J connectivity index is 2.25. The zero-order chi connectivity index (χ0) is 10.2. The van der Waals surface area contributed by atoms with Gasteiger partial charge in [-0.05, 0) is 29.9 Å². The number of halogens is 1. The fourth-order valence-corrected chi connectivity index (χ4v) is 2.63. The smallest absolute Gasteiger partial charge is 0.0395 e. The van der Waals surface area contributed by atoms with Gasteiger partial charge in [-0.25, -0.2) is 0 Å². The van der Waals surface area contributed by atoms with Crippen LogP contribution in [0.5, 0.6) is 0 Å². The van der Waals surface area contributed by atoms with Crippen molar-refractivity contribution in [1.82, 2.24) is 0 Å². The van der Waals surface area contributed by atoms with Gasteiger partial charge in [0.25, 0.3) is 0 Å². The van der Waals surface area contributed by atoms with E-state index in [2.05, 4.69) is 53.2 Å². The molecule has 0 saturated carbocycles. The third-order valence-electron chi connectivity index (χ3n) is 2.11. The summed E-state index contributed by atoms with van der Waals surface area (Å²) in [5, 5.41) is 0. The van der Waals surface area contributed by atoms with E-state index in [1.54, 1.807) is 0 Å². The molecule has 78 valence electrons. The second-order valence-corrected chi connectivity index (χ2v) is 5.72. The minimum absolute atomic E-state index is 0.529. The molecule has 1 aromatic carbocycles. The predicted molar refractivity (Wildman–Crippen MR) is 70.3 cm³/mol. The Morgan fingerprint density at radius 1 is 1.29 bits per heavy atom. The van der Waals surface area contributed by atoms with Crippen LogP contribution in [0.3, 0.4) is 0 Å². The van der Waals surface area contributed by atoms with Gasteiger partial charge in [0.05, 0.1) is 0 Å². The standard InChI is InChI=1S/C12H17BrS/c1-2-14-10-6-9-12(13)11-7-4-3-5-8-11/h3-5,7-8,12H,2,6,9-10H2,1H3. The monoisotopic (exact) mass is 272 g/mol. The van der Waals surface area contributed by atoms with Gasteiger partial charge in [0.2, 0.25) is 0 Å². The number of hydrogen-bond acceptors (Lipinski definition) is 1. The van der Waals surface area contributed by atoms with Crippen LogP contribution in [0.4, 0.5) is 0 Å². The number of alkyl halides is 1. The summed E-state index contributed by atoms with van der Waals surface area (Å²) in [4.78, 5) is 0.529. The Labute approximate surface area is 99.6 Å². The summed E-state index contributed by atoms with van der Waals surface area (Å²) in [5.74, 6) is 2.52.